The average Bonchev–Trinajstić information content (AvgIpc) is 3.14. The number of aliphatic hydroxyl groups excluding tert-OH is 2. The number of morpholine rings is 1. The maximum Gasteiger partial charge on any atom is 0.317 e. The quantitative estimate of drug-likeness (QED) is 0.471. The van der Waals surface area contributed by atoms with Crippen molar-refractivity contribution in [3.05, 3.63) is 18.5 Å². The normalized spacial score (nSPS) is 28.6. The van der Waals surface area contributed by atoms with Crippen molar-refractivity contribution in [1.29, 1.82) is 0 Å². The van der Waals surface area contributed by atoms with Crippen molar-refractivity contribution in [2.45, 2.75) is 24.4 Å². The molecule has 4 atom stereocenters. The van der Waals surface area contributed by atoms with Crippen LogP contribution < -0.4 is 10.2 Å². The molecular formula is C19H32Cl2N6O5. The van der Waals surface area contributed by atoms with E-state index in [4.69, 9.17) is 9.47 Å². The summed E-state index contributed by atoms with van der Waals surface area (Å²) in [5.41, 5.74) is 0. The smallest absolute Gasteiger partial charge is 0.317 e. The van der Waals surface area contributed by atoms with E-state index in [9.17, 15) is 15.0 Å². The standard InChI is InChI=1S/C19H30N6O5.2ClH/c26-13-15-17(27)16(14(30-15)12-22-19(28)25-8-10-29-11-9-25)23-4-6-24(7-5-23)18-20-2-1-3-21-18;;/h1-3,14-17,26-27H,4-13H2,(H,22,28);2*1H/t14-,15+,16+,17-;;/m1../s1. The van der Waals surface area contributed by atoms with Gasteiger partial charge in [0.25, 0.3) is 0 Å². The Morgan fingerprint density at radius 1 is 1.06 bits per heavy atom. The minimum Gasteiger partial charge on any atom is -0.394 e. The number of aliphatic hydroxyl groups is 2. The first kappa shape index (κ1) is 26.8. The second-order valence-electron chi connectivity index (χ2n) is 7.73. The molecule has 13 heteroatoms. The van der Waals surface area contributed by atoms with Crippen LogP contribution in [-0.2, 0) is 9.47 Å². The third-order valence-electron chi connectivity index (χ3n) is 5.96. The van der Waals surface area contributed by atoms with Gasteiger partial charge in [-0.1, -0.05) is 0 Å². The van der Waals surface area contributed by atoms with E-state index in [0.717, 1.165) is 13.1 Å². The van der Waals surface area contributed by atoms with Gasteiger partial charge in [-0.15, -0.1) is 24.8 Å². The van der Waals surface area contributed by atoms with Crippen LogP contribution >= 0.6 is 24.8 Å². The van der Waals surface area contributed by atoms with Crippen LogP contribution in [0.1, 0.15) is 0 Å². The minimum atomic E-state index is -0.820. The van der Waals surface area contributed by atoms with E-state index >= 15 is 0 Å². The van der Waals surface area contributed by atoms with Gasteiger partial charge in [0.05, 0.1) is 32.0 Å². The molecule has 1 aromatic heterocycles. The lowest BCUT2D eigenvalue weighted by molar-refractivity contribution is -0.0211. The molecule has 32 heavy (non-hydrogen) atoms. The molecule has 0 bridgehead atoms. The Morgan fingerprint density at radius 2 is 1.72 bits per heavy atom. The molecule has 3 N–H and O–H groups in total. The van der Waals surface area contributed by atoms with E-state index in [0.29, 0.717) is 45.3 Å². The summed E-state index contributed by atoms with van der Waals surface area (Å²) in [6.45, 7) is 5.07. The number of halogens is 2. The van der Waals surface area contributed by atoms with Crippen LogP contribution in [0.5, 0.6) is 0 Å². The number of carbonyl (C=O) groups excluding carboxylic acids is 1. The number of piperazine rings is 1. The molecule has 0 aromatic carbocycles. The van der Waals surface area contributed by atoms with Gasteiger partial charge in [-0.05, 0) is 6.07 Å². The monoisotopic (exact) mass is 494 g/mol. The number of amides is 2. The van der Waals surface area contributed by atoms with Crippen molar-refractivity contribution in [2.24, 2.45) is 0 Å². The summed E-state index contributed by atoms with van der Waals surface area (Å²) in [7, 11) is 0. The topological polar surface area (TPSA) is 124 Å². The molecule has 11 nitrogen and oxygen atoms in total. The van der Waals surface area contributed by atoms with Crippen LogP contribution in [0.4, 0.5) is 10.7 Å². The minimum absolute atomic E-state index is 0. The Bertz CT molecular complexity index is 694. The fraction of sp³-hybridized carbons (Fsp3) is 0.737. The first-order valence-electron chi connectivity index (χ1n) is 10.5. The van der Waals surface area contributed by atoms with E-state index in [1.54, 1.807) is 23.4 Å². The highest BCUT2D eigenvalue weighted by Crippen LogP contribution is 2.27. The van der Waals surface area contributed by atoms with Gasteiger partial charge < -0.3 is 34.8 Å². The zero-order chi connectivity index (χ0) is 20.9. The van der Waals surface area contributed by atoms with E-state index in [-0.39, 0.29) is 50.0 Å². The highest BCUT2D eigenvalue weighted by molar-refractivity contribution is 5.85. The fourth-order valence-corrected chi connectivity index (χ4v) is 4.34. The van der Waals surface area contributed by atoms with Crippen LogP contribution in [-0.4, -0.2) is 126 Å². The number of ether oxygens (including phenoxy) is 2. The number of urea groups is 1. The second-order valence-corrected chi connectivity index (χ2v) is 7.73. The first-order chi connectivity index (χ1) is 14.7. The summed E-state index contributed by atoms with van der Waals surface area (Å²) in [6, 6.07) is 1.33. The average molecular weight is 495 g/mol. The highest BCUT2D eigenvalue weighted by Gasteiger charge is 2.47. The lowest BCUT2D eigenvalue weighted by atomic mass is 10.0. The molecule has 4 heterocycles. The zero-order valence-corrected chi connectivity index (χ0v) is 19.4. The molecule has 2 amide bonds. The number of hydrogen-bond donors (Lipinski definition) is 3. The van der Waals surface area contributed by atoms with Gasteiger partial charge in [0.15, 0.2) is 0 Å². The first-order valence-corrected chi connectivity index (χ1v) is 10.5. The van der Waals surface area contributed by atoms with Crippen molar-refractivity contribution < 1.29 is 24.5 Å². The van der Waals surface area contributed by atoms with Gasteiger partial charge in [0.2, 0.25) is 5.95 Å². The van der Waals surface area contributed by atoms with Crippen molar-refractivity contribution in [1.82, 2.24) is 25.1 Å². The highest BCUT2D eigenvalue weighted by atomic mass is 35.5. The van der Waals surface area contributed by atoms with E-state index in [1.807, 2.05) is 0 Å². The lowest BCUT2D eigenvalue weighted by Gasteiger charge is -2.40. The Morgan fingerprint density at radius 3 is 2.34 bits per heavy atom. The SMILES string of the molecule is Cl.Cl.O=C(NC[C@H]1O[C@@H](CO)[C@@H](O)[C@H]1N1CCN(c2ncccn2)CC1)N1CCOCC1. The van der Waals surface area contributed by atoms with Crippen LogP contribution in [0.3, 0.4) is 0 Å². The molecule has 3 saturated heterocycles. The van der Waals surface area contributed by atoms with Gasteiger partial charge in [-0.3, -0.25) is 4.90 Å². The number of nitrogens with one attached hydrogen (secondary N) is 1. The maximum absolute atomic E-state index is 12.4. The Kier molecular flexibility index (Phi) is 10.6. The number of rotatable bonds is 5. The molecule has 182 valence electrons. The zero-order valence-electron chi connectivity index (χ0n) is 17.8. The Labute approximate surface area is 199 Å². The van der Waals surface area contributed by atoms with Gasteiger partial charge in [-0.2, -0.15) is 0 Å². The molecule has 3 aliphatic heterocycles. The maximum atomic E-state index is 12.4. The summed E-state index contributed by atoms with van der Waals surface area (Å²) in [6.07, 6.45) is 1.57. The van der Waals surface area contributed by atoms with Crippen molar-refractivity contribution in [3.8, 4) is 0 Å². The number of anilines is 1. The Balaban J connectivity index is 0.00000181. The molecule has 0 aliphatic carbocycles. The van der Waals surface area contributed by atoms with Crippen LogP contribution in [0.2, 0.25) is 0 Å². The summed E-state index contributed by atoms with van der Waals surface area (Å²) in [5.74, 6) is 0.697. The van der Waals surface area contributed by atoms with Gasteiger partial charge in [0.1, 0.15) is 12.2 Å². The largest absolute Gasteiger partial charge is 0.394 e. The molecule has 3 aliphatic rings. The summed E-state index contributed by atoms with van der Waals surface area (Å²) < 4.78 is 11.2. The van der Waals surface area contributed by atoms with Crippen molar-refractivity contribution in [3.63, 3.8) is 0 Å². The molecule has 3 fully saturated rings. The van der Waals surface area contributed by atoms with E-state index in [2.05, 4.69) is 25.1 Å². The molecule has 0 unspecified atom stereocenters. The van der Waals surface area contributed by atoms with Gasteiger partial charge >= 0.3 is 6.03 Å². The molecular weight excluding hydrogens is 463 g/mol. The third-order valence-corrected chi connectivity index (χ3v) is 5.96. The van der Waals surface area contributed by atoms with Gasteiger partial charge in [-0.25, -0.2) is 14.8 Å². The number of aromatic nitrogens is 2. The predicted molar refractivity (Wildman–Crippen MR) is 122 cm³/mol. The number of carbonyl (C=O) groups is 1. The van der Waals surface area contributed by atoms with Crippen molar-refractivity contribution >= 4 is 36.8 Å². The Hall–Kier alpha value is -1.47. The van der Waals surface area contributed by atoms with Crippen LogP contribution in [0, 0.1) is 0 Å². The summed E-state index contributed by atoms with van der Waals surface area (Å²) in [4.78, 5) is 27.0. The molecule has 1 aromatic rings. The lowest BCUT2D eigenvalue weighted by Crippen LogP contribution is -2.58. The summed E-state index contributed by atoms with van der Waals surface area (Å²) >= 11 is 0. The van der Waals surface area contributed by atoms with E-state index in [1.165, 1.54) is 0 Å². The molecule has 4 rings (SSSR count). The van der Waals surface area contributed by atoms with Crippen LogP contribution in [0.25, 0.3) is 0 Å². The molecule has 0 saturated carbocycles. The van der Waals surface area contributed by atoms with Crippen LogP contribution in [0.15, 0.2) is 18.5 Å². The number of hydrogen-bond acceptors (Lipinski definition) is 9. The summed E-state index contributed by atoms with van der Waals surface area (Å²) in [5, 5.41) is 23.3. The molecule has 0 spiro atoms. The third kappa shape index (κ3) is 6.10. The fourth-order valence-electron chi connectivity index (χ4n) is 4.34. The van der Waals surface area contributed by atoms with Crippen molar-refractivity contribution in [2.75, 3.05) is 70.5 Å². The number of nitrogens with zero attached hydrogens (tertiary/aromatic N) is 5. The second kappa shape index (κ2) is 12.7. The predicted octanol–water partition coefficient (Wildman–Crippen LogP) is -1.03. The van der Waals surface area contributed by atoms with Gasteiger partial charge in [0, 0.05) is 58.2 Å². The van der Waals surface area contributed by atoms with E-state index < -0.39 is 18.3 Å². The molecule has 0 radical (unpaired) electrons.